The summed E-state index contributed by atoms with van der Waals surface area (Å²) in [5.41, 5.74) is 7.02. The second-order valence-electron chi connectivity index (χ2n) is 10.5. The van der Waals surface area contributed by atoms with Crippen molar-refractivity contribution in [2.75, 3.05) is 46.0 Å². The number of carbonyl (C=O) groups is 2. The largest absolute Gasteiger partial charge is 0.494 e. The van der Waals surface area contributed by atoms with Gasteiger partial charge in [0.2, 0.25) is 11.8 Å². The molecule has 0 aromatic heterocycles. The smallest absolute Gasteiger partial charge is 0.234 e. The van der Waals surface area contributed by atoms with E-state index in [1.807, 2.05) is 113 Å². The lowest BCUT2D eigenvalue weighted by atomic mass is 10.00. The Kier molecular flexibility index (Phi) is 14.1. The molecule has 0 bridgehead atoms. The first-order valence-corrected chi connectivity index (χ1v) is 18.1. The molecule has 2 amide bonds. The van der Waals surface area contributed by atoms with Gasteiger partial charge in [0.05, 0.1) is 24.7 Å². The summed E-state index contributed by atoms with van der Waals surface area (Å²) in [7, 11) is 0. The number of aryl methyl sites for hydroxylation is 2. The van der Waals surface area contributed by atoms with Crippen LogP contribution in [-0.2, 0) is 9.59 Å². The minimum Gasteiger partial charge on any atom is -0.494 e. The monoisotopic (exact) mass is 718 g/mol. The Balaban J connectivity index is 1.23. The van der Waals surface area contributed by atoms with Crippen LogP contribution in [-0.4, -0.2) is 45.2 Å². The van der Waals surface area contributed by atoms with Crippen LogP contribution in [0.25, 0.3) is 11.1 Å². The van der Waals surface area contributed by atoms with Crippen molar-refractivity contribution in [3.05, 3.63) is 96.1 Å². The average Bonchev–Trinajstić information content (AvgIpc) is 3.07. The van der Waals surface area contributed by atoms with Gasteiger partial charge in [-0.1, -0.05) is 60.1 Å². The SMILES string of the molecule is CCOc1ccc(NC(=S)SCC(=O)Nc2ccc(-c3ccc(NC(=O)CSC(=S)Nc4ccc(OCC)cc4)c(C)c3)cc2C)cc1. The van der Waals surface area contributed by atoms with Crippen molar-refractivity contribution in [3.63, 3.8) is 0 Å². The normalized spacial score (nSPS) is 10.5. The highest BCUT2D eigenvalue weighted by atomic mass is 32.2. The molecule has 4 N–H and O–H groups in total. The quantitative estimate of drug-likeness (QED) is 0.100. The van der Waals surface area contributed by atoms with Gasteiger partial charge in [0.25, 0.3) is 0 Å². The van der Waals surface area contributed by atoms with E-state index in [-0.39, 0.29) is 23.3 Å². The molecule has 0 spiro atoms. The van der Waals surface area contributed by atoms with Crippen LogP contribution in [0.15, 0.2) is 84.9 Å². The zero-order valence-corrected chi connectivity index (χ0v) is 30.4. The van der Waals surface area contributed by atoms with Gasteiger partial charge < -0.3 is 30.7 Å². The van der Waals surface area contributed by atoms with Crippen molar-refractivity contribution in [1.29, 1.82) is 0 Å². The Hall–Kier alpha value is -4.10. The Morgan fingerprint density at radius 2 is 0.958 bits per heavy atom. The van der Waals surface area contributed by atoms with Crippen molar-refractivity contribution >= 4 is 91.2 Å². The Morgan fingerprint density at radius 3 is 1.29 bits per heavy atom. The summed E-state index contributed by atoms with van der Waals surface area (Å²) in [6, 6.07) is 26.8. The second kappa shape index (κ2) is 18.4. The van der Waals surface area contributed by atoms with Crippen molar-refractivity contribution < 1.29 is 19.1 Å². The molecule has 4 aromatic rings. The van der Waals surface area contributed by atoms with Gasteiger partial charge >= 0.3 is 0 Å². The summed E-state index contributed by atoms with van der Waals surface area (Å²) in [6.45, 7) is 9.00. The van der Waals surface area contributed by atoms with Gasteiger partial charge in [0.15, 0.2) is 0 Å². The number of rotatable bonds is 13. The number of amides is 2. The number of thioether (sulfide) groups is 2. The molecule has 0 fully saturated rings. The molecule has 0 heterocycles. The van der Waals surface area contributed by atoms with Crippen LogP contribution in [0.2, 0.25) is 0 Å². The highest BCUT2D eigenvalue weighted by molar-refractivity contribution is 8.24. The topological polar surface area (TPSA) is 101 Å². The summed E-state index contributed by atoms with van der Waals surface area (Å²) < 4.78 is 11.9. The third-order valence-electron chi connectivity index (χ3n) is 6.83. The molecule has 8 nitrogen and oxygen atoms in total. The maximum Gasteiger partial charge on any atom is 0.234 e. The maximum atomic E-state index is 12.7. The molecule has 4 rings (SSSR count). The van der Waals surface area contributed by atoms with Crippen LogP contribution in [0.1, 0.15) is 25.0 Å². The number of benzene rings is 4. The number of nitrogens with one attached hydrogen (secondary N) is 4. The van der Waals surface area contributed by atoms with Crippen LogP contribution < -0.4 is 30.7 Å². The van der Waals surface area contributed by atoms with Crippen LogP contribution in [0.5, 0.6) is 11.5 Å². The predicted octanol–water partition coefficient (Wildman–Crippen LogP) is 8.91. The summed E-state index contributed by atoms with van der Waals surface area (Å²) in [5.74, 6) is 1.66. The Bertz CT molecular complexity index is 1620. The molecule has 0 saturated heterocycles. The van der Waals surface area contributed by atoms with Crippen LogP contribution >= 0.6 is 48.0 Å². The van der Waals surface area contributed by atoms with E-state index in [1.54, 1.807) is 0 Å². The van der Waals surface area contributed by atoms with E-state index in [9.17, 15) is 9.59 Å². The Morgan fingerprint density at radius 1 is 0.583 bits per heavy atom. The second-order valence-corrected chi connectivity index (χ2v) is 13.8. The van der Waals surface area contributed by atoms with Gasteiger partial charge in [-0.2, -0.15) is 0 Å². The summed E-state index contributed by atoms with van der Waals surface area (Å²) in [6.07, 6.45) is 0. The van der Waals surface area contributed by atoms with E-state index in [1.165, 1.54) is 23.5 Å². The van der Waals surface area contributed by atoms with Gasteiger partial charge in [0.1, 0.15) is 20.1 Å². The third kappa shape index (κ3) is 11.6. The first-order valence-electron chi connectivity index (χ1n) is 15.3. The number of hydrogen-bond donors (Lipinski definition) is 4. The van der Waals surface area contributed by atoms with E-state index in [2.05, 4.69) is 21.3 Å². The molecule has 12 heteroatoms. The minimum atomic E-state index is -0.145. The average molecular weight is 719 g/mol. The summed E-state index contributed by atoms with van der Waals surface area (Å²) in [5, 5.41) is 12.2. The number of hydrogen-bond acceptors (Lipinski definition) is 8. The summed E-state index contributed by atoms with van der Waals surface area (Å²) >= 11 is 13.3. The summed E-state index contributed by atoms with van der Waals surface area (Å²) in [4.78, 5) is 25.3. The molecule has 48 heavy (non-hydrogen) atoms. The standard InChI is InChI=1S/C36H38N4O4S4/c1-5-43-29-13-9-27(10-14-29)37-35(45)47-21-33(41)39-31-17-7-25(19-23(31)3)26-8-18-32(24(4)20-26)40-34(42)22-48-36(46)38-28-11-15-30(16-12-28)44-6-2/h7-20H,5-6,21-22H2,1-4H3,(H,37,45)(H,38,46)(H,39,41)(H,40,42). The molecular formula is C36H38N4O4S4. The van der Waals surface area contributed by atoms with E-state index in [0.29, 0.717) is 21.9 Å². The molecule has 250 valence electrons. The molecule has 0 aliphatic carbocycles. The zero-order valence-electron chi connectivity index (χ0n) is 27.2. The van der Waals surface area contributed by atoms with Crippen LogP contribution in [0.4, 0.5) is 22.7 Å². The van der Waals surface area contributed by atoms with E-state index in [4.69, 9.17) is 33.9 Å². The fourth-order valence-electron chi connectivity index (χ4n) is 4.51. The highest BCUT2D eigenvalue weighted by Crippen LogP contribution is 2.29. The molecular weight excluding hydrogens is 681 g/mol. The lowest BCUT2D eigenvalue weighted by molar-refractivity contribution is -0.114. The number of ether oxygens (including phenoxy) is 2. The van der Waals surface area contributed by atoms with E-state index >= 15 is 0 Å². The van der Waals surface area contributed by atoms with Crippen molar-refractivity contribution in [2.45, 2.75) is 27.7 Å². The van der Waals surface area contributed by atoms with Crippen molar-refractivity contribution in [1.82, 2.24) is 0 Å². The third-order valence-corrected chi connectivity index (χ3v) is 9.28. The van der Waals surface area contributed by atoms with E-state index in [0.717, 1.165) is 56.5 Å². The maximum absolute atomic E-state index is 12.7. The van der Waals surface area contributed by atoms with Gasteiger partial charge in [-0.25, -0.2) is 0 Å². The fourth-order valence-corrected chi connectivity index (χ4v) is 6.15. The molecule has 4 aromatic carbocycles. The first-order chi connectivity index (χ1) is 23.1. The van der Waals surface area contributed by atoms with Crippen LogP contribution in [0, 0.1) is 13.8 Å². The zero-order chi connectivity index (χ0) is 34.5. The van der Waals surface area contributed by atoms with Gasteiger partial charge in [-0.15, -0.1) is 0 Å². The van der Waals surface area contributed by atoms with Gasteiger partial charge in [0, 0.05) is 22.7 Å². The molecule has 0 radical (unpaired) electrons. The number of anilines is 4. The van der Waals surface area contributed by atoms with Gasteiger partial charge in [-0.3, -0.25) is 9.59 Å². The van der Waals surface area contributed by atoms with Crippen molar-refractivity contribution in [3.8, 4) is 22.6 Å². The van der Waals surface area contributed by atoms with Crippen molar-refractivity contribution in [2.24, 2.45) is 0 Å². The Labute approximate surface area is 301 Å². The lowest BCUT2D eigenvalue weighted by Crippen LogP contribution is -2.17. The van der Waals surface area contributed by atoms with E-state index < -0.39 is 0 Å². The van der Waals surface area contributed by atoms with Gasteiger partial charge in [-0.05, 0) is 123 Å². The molecule has 0 unspecified atom stereocenters. The fraction of sp³-hybridized carbons (Fsp3) is 0.222. The number of carbonyl (C=O) groups excluding carboxylic acids is 2. The molecule has 0 saturated carbocycles. The molecule has 0 aliphatic rings. The number of thiocarbonyl (C=S) groups is 2. The first kappa shape index (κ1) is 36.7. The molecule has 0 aliphatic heterocycles. The minimum absolute atomic E-state index is 0.145. The lowest BCUT2D eigenvalue weighted by Gasteiger charge is -2.13. The predicted molar refractivity (Wildman–Crippen MR) is 211 cm³/mol. The van der Waals surface area contributed by atoms with Crippen LogP contribution in [0.3, 0.4) is 0 Å². The molecule has 0 atom stereocenters. The highest BCUT2D eigenvalue weighted by Gasteiger charge is 2.12.